The summed E-state index contributed by atoms with van der Waals surface area (Å²) < 4.78 is 40.8. The van der Waals surface area contributed by atoms with E-state index in [2.05, 4.69) is 10.3 Å². The number of nitrogens with one attached hydrogen (secondary N) is 1. The Morgan fingerprint density at radius 2 is 2.00 bits per heavy atom. The third-order valence-corrected chi connectivity index (χ3v) is 6.71. The molecule has 9 heteroatoms. The topological polar surface area (TPSA) is 79.4 Å². The SMILES string of the molecule is Cc1cnc(NC(=O)c2ccc(F)c(S(=O)(=O)N3CCCCC3)c2)s1. The first kappa shape index (κ1) is 18.0. The summed E-state index contributed by atoms with van der Waals surface area (Å²) in [6.45, 7) is 2.60. The van der Waals surface area contributed by atoms with Crippen molar-refractivity contribution in [3.05, 3.63) is 40.7 Å². The molecule has 1 aliphatic heterocycles. The molecule has 1 fully saturated rings. The van der Waals surface area contributed by atoms with E-state index in [0.29, 0.717) is 18.2 Å². The van der Waals surface area contributed by atoms with Gasteiger partial charge in [-0.2, -0.15) is 4.31 Å². The molecule has 1 N–H and O–H groups in total. The van der Waals surface area contributed by atoms with E-state index >= 15 is 0 Å². The van der Waals surface area contributed by atoms with Gasteiger partial charge in [-0.3, -0.25) is 10.1 Å². The highest BCUT2D eigenvalue weighted by Gasteiger charge is 2.29. The minimum Gasteiger partial charge on any atom is -0.298 e. The highest BCUT2D eigenvalue weighted by Crippen LogP contribution is 2.25. The molecular weight excluding hydrogens is 365 g/mol. The molecule has 0 atom stereocenters. The molecule has 0 radical (unpaired) electrons. The van der Waals surface area contributed by atoms with Crippen LogP contribution in [0.2, 0.25) is 0 Å². The molecule has 1 aromatic heterocycles. The van der Waals surface area contributed by atoms with Gasteiger partial charge in [0.15, 0.2) is 5.13 Å². The van der Waals surface area contributed by atoms with Crippen molar-refractivity contribution in [1.82, 2.24) is 9.29 Å². The minimum atomic E-state index is -3.95. The molecule has 0 unspecified atom stereocenters. The van der Waals surface area contributed by atoms with Gasteiger partial charge < -0.3 is 0 Å². The molecule has 2 aromatic rings. The van der Waals surface area contributed by atoms with Crippen molar-refractivity contribution in [2.75, 3.05) is 18.4 Å². The lowest BCUT2D eigenvalue weighted by Gasteiger charge is -2.26. The first-order chi connectivity index (χ1) is 11.9. The molecule has 0 spiro atoms. The number of benzene rings is 1. The summed E-state index contributed by atoms with van der Waals surface area (Å²) in [6, 6.07) is 3.37. The quantitative estimate of drug-likeness (QED) is 0.880. The zero-order chi connectivity index (χ0) is 18.0. The summed E-state index contributed by atoms with van der Waals surface area (Å²) in [7, 11) is -3.95. The van der Waals surface area contributed by atoms with Gasteiger partial charge in [-0.15, -0.1) is 11.3 Å². The molecule has 0 bridgehead atoms. The van der Waals surface area contributed by atoms with Gasteiger partial charge in [0.25, 0.3) is 5.91 Å². The Bertz CT molecular complexity index is 890. The summed E-state index contributed by atoms with van der Waals surface area (Å²) in [5, 5.41) is 3.00. The van der Waals surface area contributed by atoms with Gasteiger partial charge in [0.05, 0.1) is 0 Å². The zero-order valence-corrected chi connectivity index (χ0v) is 15.3. The van der Waals surface area contributed by atoms with Crippen LogP contribution in [0.5, 0.6) is 0 Å². The van der Waals surface area contributed by atoms with E-state index in [1.807, 2.05) is 6.92 Å². The first-order valence-electron chi connectivity index (χ1n) is 7.91. The normalized spacial score (nSPS) is 15.9. The Morgan fingerprint density at radius 3 is 2.64 bits per heavy atom. The lowest BCUT2D eigenvalue weighted by atomic mass is 10.2. The maximum atomic E-state index is 14.2. The number of hydrogen-bond acceptors (Lipinski definition) is 5. The van der Waals surface area contributed by atoms with Crippen LogP contribution in [0.4, 0.5) is 9.52 Å². The molecule has 134 valence electrons. The Morgan fingerprint density at radius 1 is 1.28 bits per heavy atom. The highest BCUT2D eigenvalue weighted by molar-refractivity contribution is 7.89. The number of piperidine rings is 1. The fraction of sp³-hybridized carbons (Fsp3) is 0.375. The van der Waals surface area contributed by atoms with Crippen molar-refractivity contribution < 1.29 is 17.6 Å². The molecule has 1 aliphatic rings. The van der Waals surface area contributed by atoms with Gasteiger partial charge in [0, 0.05) is 29.7 Å². The van der Waals surface area contributed by atoms with Gasteiger partial charge in [-0.05, 0) is 38.0 Å². The molecule has 1 saturated heterocycles. The average Bonchev–Trinajstić information content (AvgIpc) is 3.00. The van der Waals surface area contributed by atoms with Gasteiger partial charge in [-0.25, -0.2) is 17.8 Å². The van der Waals surface area contributed by atoms with Crippen LogP contribution in [0.25, 0.3) is 0 Å². The van der Waals surface area contributed by atoms with E-state index in [-0.39, 0.29) is 5.56 Å². The van der Waals surface area contributed by atoms with Crippen molar-refractivity contribution in [1.29, 1.82) is 0 Å². The summed E-state index contributed by atoms with van der Waals surface area (Å²) in [4.78, 5) is 16.8. The van der Waals surface area contributed by atoms with E-state index in [4.69, 9.17) is 0 Å². The van der Waals surface area contributed by atoms with Gasteiger partial charge in [-0.1, -0.05) is 6.42 Å². The van der Waals surface area contributed by atoms with Crippen LogP contribution in [0.1, 0.15) is 34.5 Å². The van der Waals surface area contributed by atoms with Crippen molar-refractivity contribution in [2.24, 2.45) is 0 Å². The number of halogens is 1. The fourth-order valence-electron chi connectivity index (χ4n) is 2.67. The highest BCUT2D eigenvalue weighted by atomic mass is 32.2. The smallest absolute Gasteiger partial charge is 0.257 e. The maximum absolute atomic E-state index is 14.2. The van der Waals surface area contributed by atoms with Gasteiger partial charge in [0.1, 0.15) is 10.7 Å². The van der Waals surface area contributed by atoms with E-state index < -0.39 is 26.6 Å². The predicted molar refractivity (Wildman–Crippen MR) is 93.8 cm³/mol. The number of amides is 1. The molecule has 1 amide bonds. The summed E-state index contributed by atoms with van der Waals surface area (Å²) in [6.07, 6.45) is 4.09. The second-order valence-corrected chi connectivity index (χ2v) is 8.98. The van der Waals surface area contributed by atoms with E-state index in [0.717, 1.165) is 36.3 Å². The van der Waals surface area contributed by atoms with Crippen LogP contribution >= 0.6 is 11.3 Å². The van der Waals surface area contributed by atoms with E-state index in [1.54, 1.807) is 6.20 Å². The lowest BCUT2D eigenvalue weighted by molar-refractivity contribution is 0.102. The van der Waals surface area contributed by atoms with Gasteiger partial charge in [0.2, 0.25) is 10.0 Å². The maximum Gasteiger partial charge on any atom is 0.257 e. The van der Waals surface area contributed by atoms with Crippen LogP contribution < -0.4 is 5.32 Å². The second-order valence-electron chi connectivity index (χ2n) is 5.84. The molecular formula is C16H18FN3O3S2. The Kier molecular flexibility index (Phi) is 5.16. The average molecular weight is 383 g/mol. The number of hydrogen-bond donors (Lipinski definition) is 1. The number of rotatable bonds is 4. The number of thiazole rings is 1. The van der Waals surface area contributed by atoms with Crippen LogP contribution in [-0.4, -0.2) is 36.7 Å². The van der Waals surface area contributed by atoms with Crippen molar-refractivity contribution in [2.45, 2.75) is 31.1 Å². The summed E-state index contributed by atoms with van der Waals surface area (Å²) in [5.41, 5.74) is 0.0739. The van der Waals surface area contributed by atoms with Crippen LogP contribution in [0.15, 0.2) is 29.3 Å². The fourth-order valence-corrected chi connectivity index (χ4v) is 4.94. The number of nitrogens with zero attached hydrogens (tertiary/aromatic N) is 2. The number of carbonyl (C=O) groups is 1. The largest absolute Gasteiger partial charge is 0.298 e. The van der Waals surface area contributed by atoms with Gasteiger partial charge >= 0.3 is 0 Å². The molecule has 0 aliphatic carbocycles. The van der Waals surface area contributed by atoms with E-state index in [9.17, 15) is 17.6 Å². The number of carbonyl (C=O) groups excluding carboxylic acids is 1. The third kappa shape index (κ3) is 3.88. The van der Waals surface area contributed by atoms with Crippen LogP contribution in [-0.2, 0) is 10.0 Å². The third-order valence-electron chi connectivity index (χ3n) is 3.97. The number of anilines is 1. The zero-order valence-electron chi connectivity index (χ0n) is 13.7. The van der Waals surface area contributed by atoms with Crippen LogP contribution in [0.3, 0.4) is 0 Å². The molecule has 25 heavy (non-hydrogen) atoms. The van der Waals surface area contributed by atoms with Crippen molar-refractivity contribution in [3.63, 3.8) is 0 Å². The molecule has 3 rings (SSSR count). The molecule has 1 aromatic carbocycles. The number of aryl methyl sites for hydroxylation is 1. The molecule has 0 saturated carbocycles. The first-order valence-corrected chi connectivity index (χ1v) is 10.2. The minimum absolute atomic E-state index is 0.0739. The van der Waals surface area contributed by atoms with Crippen LogP contribution in [0, 0.1) is 12.7 Å². The standard InChI is InChI=1S/C16H18FN3O3S2/c1-11-10-18-16(24-11)19-15(21)12-5-6-13(17)14(9-12)25(22,23)20-7-3-2-4-8-20/h5-6,9-10H,2-4,7-8H2,1H3,(H,18,19,21). The summed E-state index contributed by atoms with van der Waals surface area (Å²) in [5.74, 6) is -1.38. The Hall–Kier alpha value is -1.84. The van der Waals surface area contributed by atoms with Crippen molar-refractivity contribution >= 4 is 32.4 Å². The Balaban J connectivity index is 1.88. The van der Waals surface area contributed by atoms with Crippen molar-refractivity contribution in [3.8, 4) is 0 Å². The van der Waals surface area contributed by atoms with E-state index in [1.165, 1.54) is 21.7 Å². The lowest BCUT2D eigenvalue weighted by Crippen LogP contribution is -2.36. The Labute approximate surface area is 149 Å². The number of aromatic nitrogens is 1. The molecule has 2 heterocycles. The monoisotopic (exact) mass is 383 g/mol. The number of sulfonamides is 1. The summed E-state index contributed by atoms with van der Waals surface area (Å²) >= 11 is 1.30. The second kappa shape index (κ2) is 7.19. The predicted octanol–water partition coefficient (Wildman–Crippen LogP) is 3.02. The molecule has 6 nitrogen and oxygen atoms in total.